The van der Waals surface area contributed by atoms with Gasteiger partial charge in [0.2, 0.25) is 0 Å². The molecular formula is C16H22N6OS. The number of carbonyl (C=O) groups is 1. The van der Waals surface area contributed by atoms with Crippen LogP contribution in [0, 0.1) is 0 Å². The smallest absolute Gasteiger partial charge is 0.263 e. The minimum absolute atomic E-state index is 0.00994. The van der Waals surface area contributed by atoms with Gasteiger partial charge in [0.25, 0.3) is 5.91 Å². The highest BCUT2D eigenvalue weighted by molar-refractivity contribution is 7.17. The largest absolute Gasteiger partial charge is 0.348 e. The van der Waals surface area contributed by atoms with Crippen LogP contribution in [0.2, 0.25) is 0 Å². The molecule has 8 heteroatoms. The normalized spacial score (nSPS) is 24.2. The Bertz CT molecular complexity index is 733. The number of amides is 1. The molecule has 0 spiro atoms. The Morgan fingerprint density at radius 1 is 1.25 bits per heavy atom. The quantitative estimate of drug-likeness (QED) is 0.892. The Kier molecular flexibility index (Phi) is 4.01. The summed E-state index contributed by atoms with van der Waals surface area (Å²) in [6, 6.07) is 0.218. The highest BCUT2D eigenvalue weighted by Crippen LogP contribution is 2.40. The number of hydrogen-bond acceptors (Lipinski definition) is 6. The zero-order valence-electron chi connectivity index (χ0n) is 14.0. The zero-order valence-corrected chi connectivity index (χ0v) is 14.8. The number of aromatic nitrogens is 3. The molecule has 1 N–H and O–H groups in total. The molecule has 1 saturated carbocycles. The van der Waals surface area contributed by atoms with Crippen molar-refractivity contribution < 1.29 is 4.79 Å². The first kappa shape index (κ1) is 15.6. The number of rotatable bonds is 4. The van der Waals surface area contributed by atoms with Crippen LogP contribution in [0.1, 0.15) is 27.6 Å². The van der Waals surface area contributed by atoms with Gasteiger partial charge < -0.3 is 15.1 Å². The van der Waals surface area contributed by atoms with Crippen molar-refractivity contribution in [1.29, 1.82) is 0 Å². The summed E-state index contributed by atoms with van der Waals surface area (Å²) in [5.41, 5.74) is 1.20. The van der Waals surface area contributed by atoms with Gasteiger partial charge in [-0.05, 0) is 19.0 Å². The van der Waals surface area contributed by atoms with Gasteiger partial charge in [0.15, 0.2) is 5.13 Å². The van der Waals surface area contributed by atoms with Crippen LogP contribution in [0.25, 0.3) is 0 Å². The monoisotopic (exact) mass is 346 g/mol. The summed E-state index contributed by atoms with van der Waals surface area (Å²) in [5.74, 6) is 0.386. The molecular weight excluding hydrogens is 324 g/mol. The van der Waals surface area contributed by atoms with E-state index in [2.05, 4.69) is 32.2 Å². The van der Waals surface area contributed by atoms with Crippen LogP contribution in [0.5, 0.6) is 0 Å². The van der Waals surface area contributed by atoms with Gasteiger partial charge in [-0.15, -0.1) is 0 Å². The molecule has 0 bridgehead atoms. The molecule has 0 aromatic carbocycles. The predicted octanol–water partition coefficient (Wildman–Crippen LogP) is 0.914. The molecule has 1 aliphatic carbocycles. The second-order valence-corrected chi connectivity index (χ2v) is 7.68. The number of aryl methyl sites for hydroxylation is 1. The Labute approximate surface area is 145 Å². The molecule has 0 unspecified atom stereocenters. The van der Waals surface area contributed by atoms with Gasteiger partial charge in [-0.1, -0.05) is 11.3 Å². The van der Waals surface area contributed by atoms with Gasteiger partial charge >= 0.3 is 0 Å². The molecule has 1 aliphatic heterocycles. The van der Waals surface area contributed by atoms with Crippen molar-refractivity contribution in [3.63, 3.8) is 0 Å². The lowest BCUT2D eigenvalue weighted by Crippen LogP contribution is -2.44. The summed E-state index contributed by atoms with van der Waals surface area (Å²) >= 11 is 1.49. The number of nitrogens with one attached hydrogen (secondary N) is 1. The van der Waals surface area contributed by atoms with Crippen LogP contribution in [0.3, 0.4) is 0 Å². The van der Waals surface area contributed by atoms with Gasteiger partial charge in [0.05, 0.1) is 12.4 Å². The van der Waals surface area contributed by atoms with Crippen LogP contribution < -0.4 is 10.2 Å². The summed E-state index contributed by atoms with van der Waals surface area (Å²) in [6.07, 6.45) is 6.60. The van der Waals surface area contributed by atoms with Crippen LogP contribution >= 0.6 is 11.3 Å². The fourth-order valence-electron chi connectivity index (χ4n) is 3.11. The molecule has 7 nitrogen and oxygen atoms in total. The van der Waals surface area contributed by atoms with Crippen molar-refractivity contribution in [1.82, 2.24) is 25.0 Å². The van der Waals surface area contributed by atoms with E-state index in [-0.39, 0.29) is 11.9 Å². The highest BCUT2D eigenvalue weighted by Gasteiger charge is 2.40. The number of piperazine rings is 1. The van der Waals surface area contributed by atoms with Crippen molar-refractivity contribution in [2.75, 3.05) is 38.1 Å². The van der Waals surface area contributed by atoms with Crippen LogP contribution in [-0.4, -0.2) is 64.8 Å². The SMILES string of the molecule is CN1CCN(c2ncc(C(=O)N[C@@H]3C[C@H]3c3cnn(C)c3)s2)CC1. The number of hydrogen-bond donors (Lipinski definition) is 1. The Balaban J connectivity index is 1.34. The molecule has 128 valence electrons. The van der Waals surface area contributed by atoms with Gasteiger partial charge in [-0.2, -0.15) is 5.10 Å². The van der Waals surface area contributed by atoms with E-state index >= 15 is 0 Å². The molecule has 2 aromatic rings. The minimum atomic E-state index is -0.00994. The van der Waals surface area contributed by atoms with Gasteiger partial charge in [0, 0.05) is 51.4 Å². The number of likely N-dealkylation sites (N-methyl/N-ethyl adjacent to an activating group) is 1. The topological polar surface area (TPSA) is 66.3 Å². The summed E-state index contributed by atoms with van der Waals surface area (Å²) in [5, 5.41) is 8.27. The van der Waals surface area contributed by atoms with Crippen LogP contribution in [-0.2, 0) is 7.05 Å². The average Bonchev–Trinajstić information content (AvgIpc) is 2.98. The lowest BCUT2D eigenvalue weighted by Gasteiger charge is -2.32. The predicted molar refractivity (Wildman–Crippen MR) is 93.6 cm³/mol. The molecule has 2 aromatic heterocycles. The van der Waals surface area contributed by atoms with Gasteiger partial charge in [0.1, 0.15) is 4.88 Å². The molecule has 2 atom stereocenters. The van der Waals surface area contributed by atoms with Crippen molar-refractivity contribution in [2.45, 2.75) is 18.4 Å². The number of thiazole rings is 1. The van der Waals surface area contributed by atoms with E-state index in [4.69, 9.17) is 0 Å². The zero-order chi connectivity index (χ0) is 16.7. The van der Waals surface area contributed by atoms with Crippen molar-refractivity contribution in [3.05, 3.63) is 29.0 Å². The Morgan fingerprint density at radius 2 is 2.04 bits per heavy atom. The summed E-state index contributed by atoms with van der Waals surface area (Å²) in [6.45, 7) is 4.01. The Morgan fingerprint density at radius 3 is 2.75 bits per heavy atom. The first-order valence-electron chi connectivity index (χ1n) is 8.29. The number of carbonyl (C=O) groups excluding carboxylic acids is 1. The lowest BCUT2D eigenvalue weighted by atomic mass is 10.2. The number of nitrogens with zero attached hydrogens (tertiary/aromatic N) is 5. The molecule has 4 rings (SSSR count). The molecule has 1 saturated heterocycles. The molecule has 1 amide bonds. The first-order valence-corrected chi connectivity index (χ1v) is 9.10. The maximum Gasteiger partial charge on any atom is 0.263 e. The second kappa shape index (κ2) is 6.18. The standard InChI is InChI=1S/C16H22N6OS/c1-20-3-5-22(6-4-20)16-17-9-14(24-16)15(23)19-13-7-12(13)11-8-18-21(2)10-11/h8-10,12-13H,3-7H2,1-2H3,(H,19,23)/t12-,13+/m0/s1. The third-order valence-electron chi connectivity index (χ3n) is 4.75. The lowest BCUT2D eigenvalue weighted by molar-refractivity contribution is 0.0954. The van der Waals surface area contributed by atoms with E-state index in [1.165, 1.54) is 16.9 Å². The van der Waals surface area contributed by atoms with Crippen molar-refractivity contribution in [3.8, 4) is 0 Å². The van der Waals surface area contributed by atoms with Crippen LogP contribution in [0.4, 0.5) is 5.13 Å². The van der Waals surface area contributed by atoms with E-state index in [9.17, 15) is 4.79 Å². The maximum absolute atomic E-state index is 12.4. The van der Waals surface area contributed by atoms with Crippen molar-refractivity contribution in [2.24, 2.45) is 7.05 Å². The summed E-state index contributed by atoms with van der Waals surface area (Å²) in [4.78, 5) is 22.1. The number of anilines is 1. The Hall–Kier alpha value is -1.93. The van der Waals surface area contributed by atoms with E-state index in [0.717, 1.165) is 37.7 Å². The van der Waals surface area contributed by atoms with E-state index < -0.39 is 0 Å². The average molecular weight is 346 g/mol. The van der Waals surface area contributed by atoms with E-state index in [1.807, 2.05) is 19.4 Å². The van der Waals surface area contributed by atoms with Gasteiger partial charge in [-0.3, -0.25) is 9.48 Å². The van der Waals surface area contributed by atoms with Crippen molar-refractivity contribution >= 4 is 22.4 Å². The third-order valence-corrected chi connectivity index (χ3v) is 5.81. The molecule has 24 heavy (non-hydrogen) atoms. The molecule has 0 radical (unpaired) electrons. The highest BCUT2D eigenvalue weighted by atomic mass is 32.1. The van der Waals surface area contributed by atoms with E-state index in [0.29, 0.717) is 10.8 Å². The first-order chi connectivity index (χ1) is 11.6. The maximum atomic E-state index is 12.4. The fourth-order valence-corrected chi connectivity index (χ4v) is 3.98. The van der Waals surface area contributed by atoms with Crippen LogP contribution in [0.15, 0.2) is 18.6 Å². The van der Waals surface area contributed by atoms with Gasteiger partial charge in [-0.25, -0.2) is 4.98 Å². The molecule has 3 heterocycles. The fraction of sp³-hybridized carbons (Fsp3) is 0.562. The minimum Gasteiger partial charge on any atom is -0.348 e. The summed E-state index contributed by atoms with van der Waals surface area (Å²) < 4.78 is 1.80. The third kappa shape index (κ3) is 3.16. The molecule has 2 fully saturated rings. The second-order valence-electron chi connectivity index (χ2n) is 6.67. The van der Waals surface area contributed by atoms with E-state index in [1.54, 1.807) is 10.9 Å². The molecule has 2 aliphatic rings. The summed E-state index contributed by atoms with van der Waals surface area (Å²) in [7, 11) is 4.04.